The number of carbonyl (C=O) groups is 5. The van der Waals surface area contributed by atoms with E-state index in [1.54, 1.807) is 69.3 Å². The van der Waals surface area contributed by atoms with Crippen LogP contribution in [0.5, 0.6) is 11.5 Å². The van der Waals surface area contributed by atoms with E-state index in [0.29, 0.717) is 28.4 Å². The van der Waals surface area contributed by atoms with Gasteiger partial charge in [0, 0.05) is 11.0 Å². The van der Waals surface area contributed by atoms with E-state index in [1.165, 1.54) is 14.2 Å². The van der Waals surface area contributed by atoms with Crippen LogP contribution in [0.1, 0.15) is 20.8 Å². The summed E-state index contributed by atoms with van der Waals surface area (Å²) in [6, 6.07) is 13.0. The summed E-state index contributed by atoms with van der Waals surface area (Å²) in [6.07, 6.45) is 0. The predicted octanol–water partition coefficient (Wildman–Crippen LogP) is 3.66. The van der Waals surface area contributed by atoms with Gasteiger partial charge in [0.15, 0.2) is 0 Å². The summed E-state index contributed by atoms with van der Waals surface area (Å²) in [4.78, 5) is 73.0. The third kappa shape index (κ3) is 3.34. The molecule has 1 saturated carbocycles. The number of esters is 1. The Morgan fingerprint density at radius 1 is 0.762 bits per heavy atom. The van der Waals surface area contributed by atoms with Crippen LogP contribution in [0.3, 0.4) is 0 Å². The largest absolute Gasteiger partial charge is 0.497 e. The van der Waals surface area contributed by atoms with Gasteiger partial charge >= 0.3 is 5.97 Å². The number of hydrogen-bond acceptors (Lipinski definition) is 8. The third-order valence-electron chi connectivity index (χ3n) is 9.44. The summed E-state index contributed by atoms with van der Waals surface area (Å²) in [5.41, 5.74) is -0.279. The fraction of sp³-hybridized carbons (Fsp3) is 0.387. The molecular formula is C31H29BrN2O8. The summed E-state index contributed by atoms with van der Waals surface area (Å²) >= 11 is 3.77. The molecule has 11 heteroatoms. The van der Waals surface area contributed by atoms with Gasteiger partial charge in [-0.3, -0.25) is 19.2 Å². The molecule has 10 nitrogen and oxygen atoms in total. The van der Waals surface area contributed by atoms with Crippen LogP contribution in [-0.2, 0) is 28.7 Å². The minimum atomic E-state index is -1.51. The number of allylic oxidation sites excluding steroid dienone is 1. The second kappa shape index (κ2) is 9.52. The standard InChI is InChI=1S/C31H29BrN2O8/c1-6-42-29(39)20-15(2)31(32)23-21(25(35)33(27(23)37)16-7-11-18(40-4)12-8-16)30(20,3)22-24(31)28(38)34(26(22)36)17-9-13-19(41-5)14-10-17/h7-14,21-24H,6H2,1-5H3/t21-,22-,23-,24+,30?,31?/m1/s1. The maximum absolute atomic E-state index is 14.3. The minimum Gasteiger partial charge on any atom is -0.497 e. The zero-order chi connectivity index (χ0) is 30.3. The number of hydrogen-bond donors (Lipinski definition) is 0. The average molecular weight is 637 g/mol. The highest BCUT2D eigenvalue weighted by Gasteiger charge is 2.81. The molecule has 0 spiro atoms. The van der Waals surface area contributed by atoms with E-state index in [1.807, 2.05) is 0 Å². The molecular weight excluding hydrogens is 608 g/mol. The maximum atomic E-state index is 14.3. The smallest absolute Gasteiger partial charge is 0.334 e. The van der Waals surface area contributed by atoms with E-state index in [-0.39, 0.29) is 12.2 Å². The Balaban J connectivity index is 1.55. The van der Waals surface area contributed by atoms with Crippen molar-refractivity contribution < 1.29 is 38.2 Å². The van der Waals surface area contributed by atoms with Gasteiger partial charge in [-0.15, -0.1) is 0 Å². The number of anilines is 2. The second-order valence-corrected chi connectivity index (χ2v) is 12.4. The van der Waals surface area contributed by atoms with Crippen LogP contribution in [0.4, 0.5) is 11.4 Å². The molecule has 42 heavy (non-hydrogen) atoms. The first-order valence-electron chi connectivity index (χ1n) is 13.6. The number of methoxy groups -OCH3 is 2. The van der Waals surface area contributed by atoms with Crippen LogP contribution >= 0.6 is 15.9 Å². The Morgan fingerprint density at radius 2 is 1.14 bits per heavy atom. The SMILES string of the molecule is CCOC(=O)C1=C(C)C2(Br)[C@@H]3C(=O)N(c4ccc(OC)cc4)C(=O)[C@@H]3C1(C)[C@H]1C(=O)N(c3ccc(OC)cc3)C(=O)[C@@H]12. The van der Waals surface area contributed by atoms with E-state index in [0.717, 1.165) is 9.80 Å². The number of rotatable bonds is 6. The van der Waals surface area contributed by atoms with E-state index in [4.69, 9.17) is 14.2 Å². The quantitative estimate of drug-likeness (QED) is 0.268. The van der Waals surface area contributed by atoms with E-state index in [2.05, 4.69) is 15.9 Å². The summed E-state index contributed by atoms with van der Waals surface area (Å²) < 4.78 is 14.4. The molecule has 0 radical (unpaired) electrons. The highest BCUT2D eigenvalue weighted by Crippen LogP contribution is 2.72. The highest BCUT2D eigenvalue weighted by atomic mass is 79.9. The Labute approximate surface area is 250 Å². The molecule has 0 N–H and O–H groups in total. The van der Waals surface area contributed by atoms with Gasteiger partial charge in [0.25, 0.3) is 0 Å². The predicted molar refractivity (Wildman–Crippen MR) is 154 cm³/mol. The molecule has 3 fully saturated rings. The minimum absolute atomic E-state index is 0.0683. The van der Waals surface area contributed by atoms with Crippen LogP contribution in [0, 0.1) is 29.1 Å². The number of ether oxygens (including phenoxy) is 3. The molecule has 2 bridgehead atoms. The number of carbonyl (C=O) groups excluding carboxylic acids is 5. The molecule has 2 heterocycles. The zero-order valence-corrected chi connectivity index (χ0v) is 25.3. The van der Waals surface area contributed by atoms with Crippen molar-refractivity contribution in [2.75, 3.05) is 30.6 Å². The van der Waals surface area contributed by atoms with Gasteiger partial charge in [0.1, 0.15) is 11.5 Å². The molecule has 218 valence electrons. The molecule has 6 atom stereocenters. The van der Waals surface area contributed by atoms with E-state index < -0.39 is 63.0 Å². The molecule has 2 aromatic carbocycles. The van der Waals surface area contributed by atoms with Crippen LogP contribution in [0.25, 0.3) is 0 Å². The van der Waals surface area contributed by atoms with Crippen molar-refractivity contribution in [2.24, 2.45) is 29.1 Å². The summed E-state index contributed by atoms with van der Waals surface area (Å²) in [5, 5.41) is 0. The zero-order valence-electron chi connectivity index (χ0n) is 23.7. The average Bonchev–Trinajstić information content (AvgIpc) is 3.42. The normalized spacial score (nSPS) is 31.5. The first kappa shape index (κ1) is 28.1. The Bertz CT molecular complexity index is 1490. The van der Waals surface area contributed by atoms with E-state index >= 15 is 0 Å². The van der Waals surface area contributed by atoms with Crippen molar-refractivity contribution >= 4 is 56.9 Å². The fourth-order valence-corrected chi connectivity index (χ4v) is 8.82. The Hall–Kier alpha value is -3.99. The molecule has 2 aliphatic heterocycles. The number of alkyl halides is 1. The molecule has 3 aliphatic carbocycles. The fourth-order valence-electron chi connectivity index (χ4n) is 7.70. The molecule has 2 aromatic rings. The van der Waals surface area contributed by atoms with Crippen molar-refractivity contribution in [3.63, 3.8) is 0 Å². The van der Waals surface area contributed by atoms with E-state index in [9.17, 15) is 24.0 Å². The number of imide groups is 2. The topological polar surface area (TPSA) is 120 Å². The van der Waals surface area contributed by atoms with Crippen molar-refractivity contribution in [1.82, 2.24) is 0 Å². The summed E-state index contributed by atoms with van der Waals surface area (Å²) in [5.74, 6) is -6.01. The molecule has 0 aromatic heterocycles. The monoisotopic (exact) mass is 636 g/mol. The van der Waals surface area contributed by atoms with Crippen molar-refractivity contribution in [3.8, 4) is 11.5 Å². The van der Waals surface area contributed by atoms with Gasteiger partial charge in [-0.2, -0.15) is 0 Å². The lowest BCUT2D eigenvalue weighted by molar-refractivity contribution is -0.152. The Kier molecular flexibility index (Phi) is 6.38. The number of halogens is 1. The van der Waals surface area contributed by atoms with Gasteiger partial charge in [-0.1, -0.05) is 22.9 Å². The first-order valence-corrected chi connectivity index (χ1v) is 14.4. The molecule has 5 aliphatic rings. The molecule has 4 amide bonds. The van der Waals surface area contributed by atoms with Crippen molar-refractivity contribution in [3.05, 3.63) is 59.7 Å². The van der Waals surface area contributed by atoms with Crippen LogP contribution in [0.15, 0.2) is 59.7 Å². The second-order valence-electron chi connectivity index (χ2n) is 11.1. The van der Waals surface area contributed by atoms with Gasteiger partial charge < -0.3 is 14.2 Å². The summed E-state index contributed by atoms with van der Waals surface area (Å²) in [6.45, 7) is 5.05. The lowest BCUT2D eigenvalue weighted by atomic mass is 9.43. The molecule has 2 unspecified atom stereocenters. The number of benzene rings is 2. The maximum Gasteiger partial charge on any atom is 0.334 e. The third-order valence-corrected chi connectivity index (χ3v) is 11.0. The number of nitrogens with zero attached hydrogens (tertiary/aromatic N) is 2. The highest BCUT2D eigenvalue weighted by molar-refractivity contribution is 9.10. The van der Waals surface area contributed by atoms with Gasteiger partial charge in [-0.25, -0.2) is 14.6 Å². The first-order chi connectivity index (χ1) is 20.0. The number of amides is 4. The van der Waals surface area contributed by atoms with Crippen molar-refractivity contribution in [2.45, 2.75) is 25.1 Å². The van der Waals surface area contributed by atoms with Crippen LogP contribution in [0.2, 0.25) is 0 Å². The van der Waals surface area contributed by atoms with Crippen LogP contribution < -0.4 is 19.3 Å². The lowest BCUT2D eigenvalue weighted by Gasteiger charge is -2.59. The van der Waals surface area contributed by atoms with Crippen molar-refractivity contribution in [1.29, 1.82) is 0 Å². The van der Waals surface area contributed by atoms with Gasteiger partial charge in [0.2, 0.25) is 23.6 Å². The molecule has 2 saturated heterocycles. The lowest BCUT2D eigenvalue weighted by Crippen LogP contribution is -2.67. The van der Waals surface area contributed by atoms with Crippen LogP contribution in [-0.4, -0.2) is 54.7 Å². The Morgan fingerprint density at radius 3 is 1.50 bits per heavy atom. The van der Waals surface area contributed by atoms with Gasteiger partial charge in [-0.05, 0) is 68.0 Å². The van der Waals surface area contributed by atoms with Gasteiger partial charge in [0.05, 0.1) is 60.2 Å². The summed E-state index contributed by atoms with van der Waals surface area (Å²) in [7, 11) is 3.02. The molecule has 7 rings (SSSR count).